The fourth-order valence-electron chi connectivity index (χ4n) is 6.28. The zero-order valence-corrected chi connectivity index (χ0v) is 18.0. The summed E-state index contributed by atoms with van der Waals surface area (Å²) in [6, 6.07) is 1.32. The van der Waals surface area contributed by atoms with E-state index in [1.54, 1.807) is 0 Å². The summed E-state index contributed by atoms with van der Waals surface area (Å²) >= 11 is 0. The molecule has 0 bridgehead atoms. The van der Waals surface area contributed by atoms with Crippen molar-refractivity contribution in [1.29, 1.82) is 0 Å². The van der Waals surface area contributed by atoms with Crippen LogP contribution >= 0.6 is 0 Å². The molecular weight excluding hydrogens is 328 g/mol. The van der Waals surface area contributed by atoms with Gasteiger partial charge in [-0.25, -0.2) is 0 Å². The van der Waals surface area contributed by atoms with E-state index in [9.17, 15) is 0 Å². The maximum atomic E-state index is 3.99. The average Bonchev–Trinajstić information content (AvgIpc) is 2.70. The van der Waals surface area contributed by atoms with Gasteiger partial charge < -0.3 is 5.32 Å². The molecule has 2 fully saturated rings. The molecule has 0 spiro atoms. The van der Waals surface area contributed by atoms with Gasteiger partial charge in [0.2, 0.25) is 0 Å². The molecule has 2 heterocycles. The topological polar surface area (TPSA) is 15.3 Å². The number of hydrogen-bond donors (Lipinski definition) is 1. The molecule has 0 radical (unpaired) electrons. The number of likely N-dealkylation sites (tertiary alicyclic amines) is 1. The lowest BCUT2D eigenvalue weighted by Crippen LogP contribution is -2.51. The van der Waals surface area contributed by atoms with Gasteiger partial charge in [0.25, 0.3) is 0 Å². The molecule has 2 aliphatic heterocycles. The van der Waals surface area contributed by atoms with Gasteiger partial charge in [0, 0.05) is 17.8 Å². The summed E-state index contributed by atoms with van der Waals surface area (Å²) in [5.74, 6) is 4.36. The third-order valence-electron chi connectivity index (χ3n) is 8.32. The number of rotatable bonds is 4. The van der Waals surface area contributed by atoms with E-state index in [-0.39, 0.29) is 0 Å². The third-order valence-corrected chi connectivity index (χ3v) is 8.32. The van der Waals surface area contributed by atoms with Gasteiger partial charge >= 0.3 is 0 Å². The molecule has 6 atom stereocenters. The maximum Gasteiger partial charge on any atom is 0.0463 e. The van der Waals surface area contributed by atoms with E-state index in [0.717, 1.165) is 35.6 Å². The van der Waals surface area contributed by atoms with E-state index in [0.29, 0.717) is 6.04 Å². The van der Waals surface area contributed by atoms with Crippen LogP contribution in [-0.2, 0) is 0 Å². The lowest BCUT2D eigenvalue weighted by Gasteiger charge is -2.44. The minimum atomic E-state index is 0.580. The van der Waals surface area contributed by atoms with Crippen LogP contribution in [0.2, 0.25) is 0 Å². The molecule has 2 aliphatic carbocycles. The van der Waals surface area contributed by atoms with Gasteiger partial charge in [-0.2, -0.15) is 0 Å². The molecule has 1 N–H and O–H groups in total. The van der Waals surface area contributed by atoms with Crippen molar-refractivity contribution in [2.24, 2.45) is 29.6 Å². The molecule has 4 rings (SSSR count). The summed E-state index contributed by atoms with van der Waals surface area (Å²) in [4.78, 5) is 2.75. The standard InChI is InChI=1S/C25H42N2/c1-18-7-9-21(10-8-18)17-22-13-15-27(16-14-22)20(3)24-12-11-23-6-4-5-19(2)25(23)26-24/h7,9,12,18-23,25-26H,4-6,8,10-11,13-17H2,1-3H3/t18-,19-,20-,21+,23?,25-/m0/s1. The summed E-state index contributed by atoms with van der Waals surface area (Å²) in [6.45, 7) is 9.85. The van der Waals surface area contributed by atoms with Crippen LogP contribution in [0, 0.1) is 29.6 Å². The second-order valence-corrected chi connectivity index (χ2v) is 10.3. The Hall–Kier alpha value is -0.760. The quantitative estimate of drug-likeness (QED) is 0.633. The molecule has 4 aliphatic rings. The minimum Gasteiger partial charge on any atom is -0.384 e. The molecular formula is C25H42N2. The Balaban J connectivity index is 1.27. The normalized spacial score (nSPS) is 39.4. The summed E-state index contributed by atoms with van der Waals surface area (Å²) in [7, 11) is 0. The molecule has 2 heteroatoms. The number of allylic oxidation sites excluding steroid dienone is 3. The Morgan fingerprint density at radius 2 is 1.85 bits per heavy atom. The van der Waals surface area contributed by atoms with Crippen LogP contribution in [0.25, 0.3) is 0 Å². The van der Waals surface area contributed by atoms with Crippen LogP contribution in [0.5, 0.6) is 0 Å². The van der Waals surface area contributed by atoms with Gasteiger partial charge in [-0.1, -0.05) is 38.5 Å². The lowest BCUT2D eigenvalue weighted by atomic mass is 9.74. The predicted octanol–water partition coefficient (Wildman–Crippen LogP) is 5.76. The van der Waals surface area contributed by atoms with Crippen LogP contribution in [0.1, 0.15) is 78.6 Å². The zero-order chi connectivity index (χ0) is 18.8. The second-order valence-electron chi connectivity index (χ2n) is 10.3. The Bertz CT molecular complexity index is 543. The molecule has 0 amide bonds. The molecule has 1 saturated carbocycles. The molecule has 0 aromatic heterocycles. The van der Waals surface area contributed by atoms with Gasteiger partial charge in [0.05, 0.1) is 0 Å². The Morgan fingerprint density at radius 3 is 2.59 bits per heavy atom. The fourth-order valence-corrected chi connectivity index (χ4v) is 6.28. The molecule has 1 unspecified atom stereocenters. The highest BCUT2D eigenvalue weighted by atomic mass is 15.2. The van der Waals surface area contributed by atoms with E-state index in [4.69, 9.17) is 0 Å². The third kappa shape index (κ3) is 4.63. The molecule has 152 valence electrons. The van der Waals surface area contributed by atoms with Gasteiger partial charge in [0.1, 0.15) is 0 Å². The fraction of sp³-hybridized carbons (Fsp3) is 0.840. The summed E-state index contributed by atoms with van der Waals surface area (Å²) in [6.07, 6.45) is 20.2. The van der Waals surface area contributed by atoms with Crippen molar-refractivity contribution < 1.29 is 0 Å². The monoisotopic (exact) mass is 370 g/mol. The first-order chi connectivity index (χ1) is 13.1. The van der Waals surface area contributed by atoms with Crippen LogP contribution in [0.15, 0.2) is 23.9 Å². The Kier molecular flexibility index (Phi) is 6.31. The van der Waals surface area contributed by atoms with E-state index in [2.05, 4.69) is 49.2 Å². The van der Waals surface area contributed by atoms with E-state index < -0.39 is 0 Å². The second kappa shape index (κ2) is 8.72. The number of nitrogens with one attached hydrogen (secondary N) is 1. The summed E-state index contributed by atoms with van der Waals surface area (Å²) in [5.41, 5.74) is 1.53. The Labute approximate surface area is 167 Å². The SMILES string of the molecule is C[C@H]1C=C[C@@H](CC2CCN([C@@H](C)C3=CCC4CCC[C@H](C)[C@@H]4N3)CC2)CC1. The average molecular weight is 371 g/mol. The van der Waals surface area contributed by atoms with Crippen molar-refractivity contribution in [1.82, 2.24) is 10.2 Å². The first-order valence-corrected chi connectivity index (χ1v) is 12.0. The van der Waals surface area contributed by atoms with Crippen LogP contribution in [0.4, 0.5) is 0 Å². The van der Waals surface area contributed by atoms with Crippen LogP contribution in [-0.4, -0.2) is 30.1 Å². The summed E-state index contributed by atoms with van der Waals surface area (Å²) < 4.78 is 0. The largest absolute Gasteiger partial charge is 0.384 e. The highest BCUT2D eigenvalue weighted by Crippen LogP contribution is 2.36. The van der Waals surface area contributed by atoms with Crippen molar-refractivity contribution in [3.8, 4) is 0 Å². The highest BCUT2D eigenvalue weighted by Gasteiger charge is 2.35. The number of fused-ring (bicyclic) bond motifs is 1. The number of hydrogen-bond acceptors (Lipinski definition) is 2. The van der Waals surface area contributed by atoms with Crippen molar-refractivity contribution in [2.75, 3.05) is 13.1 Å². The molecule has 0 aromatic rings. The van der Waals surface area contributed by atoms with E-state index >= 15 is 0 Å². The molecule has 1 saturated heterocycles. The van der Waals surface area contributed by atoms with Crippen molar-refractivity contribution >= 4 is 0 Å². The number of piperidine rings is 1. The van der Waals surface area contributed by atoms with Crippen LogP contribution < -0.4 is 5.32 Å². The van der Waals surface area contributed by atoms with Gasteiger partial charge in [-0.05, 0) is 101 Å². The molecule has 0 aromatic carbocycles. The van der Waals surface area contributed by atoms with Crippen LogP contribution in [0.3, 0.4) is 0 Å². The number of nitrogens with zero attached hydrogens (tertiary/aromatic N) is 1. The van der Waals surface area contributed by atoms with Crippen molar-refractivity contribution in [3.63, 3.8) is 0 Å². The summed E-state index contributed by atoms with van der Waals surface area (Å²) in [5, 5.41) is 3.99. The Morgan fingerprint density at radius 1 is 1.04 bits per heavy atom. The highest BCUT2D eigenvalue weighted by molar-refractivity contribution is 5.15. The minimum absolute atomic E-state index is 0.580. The molecule has 2 nitrogen and oxygen atoms in total. The first kappa shape index (κ1) is 19.6. The molecule has 27 heavy (non-hydrogen) atoms. The zero-order valence-electron chi connectivity index (χ0n) is 18.0. The van der Waals surface area contributed by atoms with Gasteiger partial charge in [-0.15, -0.1) is 0 Å². The van der Waals surface area contributed by atoms with E-state index in [1.807, 2.05) is 0 Å². The van der Waals surface area contributed by atoms with Gasteiger partial charge in [-0.3, -0.25) is 4.90 Å². The first-order valence-electron chi connectivity index (χ1n) is 12.0. The van der Waals surface area contributed by atoms with E-state index in [1.165, 1.54) is 76.6 Å². The lowest BCUT2D eigenvalue weighted by molar-refractivity contribution is 0.129. The predicted molar refractivity (Wildman–Crippen MR) is 116 cm³/mol. The van der Waals surface area contributed by atoms with Gasteiger partial charge in [0.15, 0.2) is 0 Å². The smallest absolute Gasteiger partial charge is 0.0463 e. The van der Waals surface area contributed by atoms with Crippen molar-refractivity contribution in [3.05, 3.63) is 23.9 Å². The maximum absolute atomic E-state index is 3.99. The van der Waals surface area contributed by atoms with Crippen molar-refractivity contribution in [2.45, 2.75) is 90.6 Å².